The molecule has 17 heavy (non-hydrogen) atoms. The van der Waals surface area contributed by atoms with Gasteiger partial charge >= 0.3 is 0 Å². The lowest BCUT2D eigenvalue weighted by Crippen LogP contribution is -2.35. The van der Waals surface area contributed by atoms with Crippen molar-refractivity contribution in [3.05, 3.63) is 11.9 Å². The molecule has 2 atom stereocenters. The summed E-state index contributed by atoms with van der Waals surface area (Å²) in [5.41, 5.74) is 4.00. The lowest BCUT2D eigenvalue weighted by atomic mass is 9.94. The van der Waals surface area contributed by atoms with Gasteiger partial charge in [0.05, 0.1) is 25.0 Å². The van der Waals surface area contributed by atoms with Crippen molar-refractivity contribution in [3.8, 4) is 5.75 Å². The Hall–Kier alpha value is -1.07. The first-order valence-electron chi connectivity index (χ1n) is 6.28. The van der Waals surface area contributed by atoms with Crippen molar-refractivity contribution in [3.63, 3.8) is 0 Å². The number of ether oxygens (including phenoxy) is 1. The van der Waals surface area contributed by atoms with Crippen LogP contribution in [0.1, 0.15) is 38.4 Å². The summed E-state index contributed by atoms with van der Waals surface area (Å²) in [6.45, 7) is 5.15. The van der Waals surface area contributed by atoms with E-state index in [1.54, 1.807) is 13.3 Å². The van der Waals surface area contributed by atoms with Gasteiger partial charge in [0.2, 0.25) is 0 Å². The molecule has 0 saturated heterocycles. The van der Waals surface area contributed by atoms with Gasteiger partial charge in [0.15, 0.2) is 5.75 Å². The predicted molar refractivity (Wildman–Crippen MR) is 66.4 cm³/mol. The van der Waals surface area contributed by atoms with Crippen LogP contribution in [0.5, 0.6) is 5.75 Å². The van der Waals surface area contributed by atoms with Crippen LogP contribution in [0, 0.1) is 11.8 Å². The van der Waals surface area contributed by atoms with E-state index >= 15 is 0 Å². The van der Waals surface area contributed by atoms with E-state index in [1.807, 2.05) is 4.68 Å². The highest BCUT2D eigenvalue weighted by molar-refractivity contribution is 5.29. The molecule has 1 aromatic heterocycles. The van der Waals surface area contributed by atoms with E-state index in [0.29, 0.717) is 5.92 Å². The zero-order valence-electron chi connectivity index (χ0n) is 10.8. The lowest BCUT2D eigenvalue weighted by Gasteiger charge is -2.24. The zero-order chi connectivity index (χ0) is 12.4. The average Bonchev–Trinajstić information content (AvgIpc) is 3.12. The molecule has 0 amide bonds. The first-order valence-corrected chi connectivity index (χ1v) is 6.28. The summed E-state index contributed by atoms with van der Waals surface area (Å²) >= 11 is 0. The van der Waals surface area contributed by atoms with E-state index in [2.05, 4.69) is 24.4 Å². The maximum absolute atomic E-state index is 5.73. The number of hydrogen-bond donors (Lipinski definition) is 2. The van der Waals surface area contributed by atoms with Crippen LogP contribution < -0.4 is 16.0 Å². The fourth-order valence-corrected chi connectivity index (χ4v) is 2.47. The van der Waals surface area contributed by atoms with Gasteiger partial charge in [-0.25, -0.2) is 0 Å². The highest BCUT2D eigenvalue weighted by atomic mass is 16.5. The van der Waals surface area contributed by atoms with E-state index in [0.717, 1.165) is 23.9 Å². The molecule has 1 saturated carbocycles. The van der Waals surface area contributed by atoms with Crippen molar-refractivity contribution in [2.45, 2.75) is 39.3 Å². The second-order valence-corrected chi connectivity index (χ2v) is 4.75. The van der Waals surface area contributed by atoms with Crippen LogP contribution in [0.4, 0.5) is 0 Å². The first-order chi connectivity index (χ1) is 8.22. The number of nitrogens with zero attached hydrogens (tertiary/aromatic N) is 2. The van der Waals surface area contributed by atoms with E-state index in [9.17, 15) is 0 Å². The molecule has 0 bridgehead atoms. The van der Waals surface area contributed by atoms with Gasteiger partial charge in [-0.1, -0.05) is 6.92 Å². The lowest BCUT2D eigenvalue weighted by molar-refractivity contribution is 0.318. The second kappa shape index (κ2) is 5.06. The van der Waals surface area contributed by atoms with E-state index in [1.165, 1.54) is 12.8 Å². The van der Waals surface area contributed by atoms with Crippen LogP contribution in [-0.4, -0.2) is 16.9 Å². The summed E-state index contributed by atoms with van der Waals surface area (Å²) in [7, 11) is 1.68. The largest absolute Gasteiger partial charge is 0.493 e. The third kappa shape index (κ3) is 2.30. The molecular weight excluding hydrogens is 216 g/mol. The number of aromatic nitrogens is 2. The smallest absolute Gasteiger partial charge is 0.161 e. The Morgan fingerprint density at radius 1 is 1.65 bits per heavy atom. The molecule has 1 heterocycles. The minimum atomic E-state index is 0.111. The minimum absolute atomic E-state index is 0.111. The Balaban J connectivity index is 2.30. The average molecular weight is 238 g/mol. The normalized spacial score (nSPS) is 19.1. The number of nitrogens with two attached hydrogens (primary N) is 1. The molecule has 5 nitrogen and oxygen atoms in total. The van der Waals surface area contributed by atoms with Gasteiger partial charge in [-0.2, -0.15) is 5.10 Å². The monoisotopic (exact) mass is 238 g/mol. The Morgan fingerprint density at radius 2 is 2.35 bits per heavy atom. The van der Waals surface area contributed by atoms with Gasteiger partial charge in [-0.3, -0.25) is 16.0 Å². The van der Waals surface area contributed by atoms with Crippen molar-refractivity contribution < 1.29 is 4.74 Å². The number of hydrogen-bond acceptors (Lipinski definition) is 4. The van der Waals surface area contributed by atoms with E-state index < -0.39 is 0 Å². The molecule has 0 aliphatic heterocycles. The van der Waals surface area contributed by atoms with E-state index in [-0.39, 0.29) is 6.04 Å². The molecule has 5 heteroatoms. The number of rotatable bonds is 6. The summed E-state index contributed by atoms with van der Waals surface area (Å²) in [6, 6.07) is 0.111. The van der Waals surface area contributed by atoms with Crippen molar-refractivity contribution in [1.29, 1.82) is 0 Å². The quantitative estimate of drug-likeness (QED) is 0.582. The molecule has 2 unspecified atom stereocenters. The number of hydrazine groups is 1. The molecule has 1 aromatic rings. The zero-order valence-corrected chi connectivity index (χ0v) is 10.8. The van der Waals surface area contributed by atoms with Crippen molar-refractivity contribution >= 4 is 0 Å². The van der Waals surface area contributed by atoms with Crippen molar-refractivity contribution in [2.75, 3.05) is 7.11 Å². The van der Waals surface area contributed by atoms with Gasteiger partial charge in [0.25, 0.3) is 0 Å². The Bertz CT molecular complexity index is 351. The Labute approximate surface area is 102 Å². The van der Waals surface area contributed by atoms with Crippen molar-refractivity contribution in [2.24, 2.45) is 17.7 Å². The van der Waals surface area contributed by atoms with Crippen molar-refractivity contribution in [1.82, 2.24) is 15.2 Å². The Morgan fingerprint density at radius 3 is 2.82 bits per heavy atom. The number of aryl methyl sites for hydroxylation is 1. The molecule has 0 aromatic carbocycles. The molecule has 1 fully saturated rings. The summed E-state index contributed by atoms with van der Waals surface area (Å²) < 4.78 is 7.34. The van der Waals surface area contributed by atoms with Crippen LogP contribution in [0.3, 0.4) is 0 Å². The van der Waals surface area contributed by atoms with Crippen LogP contribution in [0.2, 0.25) is 0 Å². The fourth-order valence-electron chi connectivity index (χ4n) is 2.47. The topological polar surface area (TPSA) is 65.1 Å². The summed E-state index contributed by atoms with van der Waals surface area (Å²) in [6.07, 6.45) is 4.38. The minimum Gasteiger partial charge on any atom is -0.493 e. The summed E-state index contributed by atoms with van der Waals surface area (Å²) in [4.78, 5) is 0. The molecule has 3 N–H and O–H groups in total. The molecule has 96 valence electrons. The maximum atomic E-state index is 5.73. The maximum Gasteiger partial charge on any atom is 0.161 e. The van der Waals surface area contributed by atoms with Gasteiger partial charge in [0.1, 0.15) is 0 Å². The highest BCUT2D eigenvalue weighted by Crippen LogP contribution is 2.43. The van der Waals surface area contributed by atoms with Crippen LogP contribution in [0.15, 0.2) is 6.20 Å². The Kier molecular flexibility index (Phi) is 3.69. The summed E-state index contributed by atoms with van der Waals surface area (Å²) in [5.74, 6) is 7.84. The third-order valence-corrected chi connectivity index (χ3v) is 3.73. The van der Waals surface area contributed by atoms with Gasteiger partial charge < -0.3 is 4.74 Å². The number of methoxy groups -OCH3 is 1. The van der Waals surface area contributed by atoms with Gasteiger partial charge in [-0.05, 0) is 31.6 Å². The van der Waals surface area contributed by atoms with Gasteiger partial charge in [-0.15, -0.1) is 0 Å². The first kappa shape index (κ1) is 12.4. The molecule has 0 radical (unpaired) electrons. The molecular formula is C12H22N4O. The molecule has 1 aliphatic rings. The predicted octanol–water partition coefficient (Wildman–Crippen LogP) is 1.46. The number of nitrogens with one attached hydrogen (secondary N) is 1. The second-order valence-electron chi connectivity index (χ2n) is 4.75. The highest BCUT2D eigenvalue weighted by Gasteiger charge is 2.36. The third-order valence-electron chi connectivity index (χ3n) is 3.73. The summed E-state index contributed by atoms with van der Waals surface area (Å²) in [5, 5.41) is 4.33. The molecule has 0 spiro atoms. The van der Waals surface area contributed by atoms with Crippen LogP contribution in [0.25, 0.3) is 0 Å². The van der Waals surface area contributed by atoms with Crippen LogP contribution >= 0.6 is 0 Å². The van der Waals surface area contributed by atoms with Gasteiger partial charge in [0, 0.05) is 6.54 Å². The van der Waals surface area contributed by atoms with Crippen LogP contribution in [-0.2, 0) is 6.54 Å². The molecule has 2 rings (SSSR count). The van der Waals surface area contributed by atoms with E-state index in [4.69, 9.17) is 10.6 Å². The standard InChI is InChI=1S/C12H22N4O/c1-4-16-12(10(17-3)7-14-16)11(15-13)8(2)9-5-6-9/h7-9,11,15H,4-6,13H2,1-3H3. The fraction of sp³-hybridized carbons (Fsp3) is 0.750. The molecule has 1 aliphatic carbocycles. The SMILES string of the molecule is CCn1ncc(OC)c1C(NN)C(C)C1CC1.